The summed E-state index contributed by atoms with van der Waals surface area (Å²) < 4.78 is 0. The van der Waals surface area contributed by atoms with E-state index >= 15 is 0 Å². The van der Waals surface area contributed by atoms with Crippen molar-refractivity contribution in [1.29, 1.82) is 0 Å². The molecular formula is C9H17Cl2O. The van der Waals surface area contributed by atoms with Gasteiger partial charge in [-0.1, -0.05) is 13.8 Å². The van der Waals surface area contributed by atoms with Crippen LogP contribution in [0, 0.1) is 11.8 Å². The summed E-state index contributed by atoms with van der Waals surface area (Å²) in [6.07, 6.45) is 1.10. The standard InChI is InChI=1S/C9H17Cl2O/c1-7(3-5-10)9(12)8(2)4-6-11/h7-9H,3-6H2,1-2H3. The molecule has 0 fully saturated rings. The molecule has 1 nitrogen and oxygen atoms in total. The summed E-state index contributed by atoms with van der Waals surface area (Å²) in [6.45, 7) is 3.93. The van der Waals surface area contributed by atoms with E-state index in [1.54, 1.807) is 0 Å². The summed E-state index contributed by atoms with van der Waals surface area (Å²) in [6, 6.07) is 0. The first kappa shape index (κ1) is 12.5. The van der Waals surface area contributed by atoms with Crippen LogP contribution in [-0.4, -0.2) is 17.9 Å². The average Bonchev–Trinajstić information content (AvgIpc) is 2.04. The molecule has 2 unspecified atom stereocenters. The van der Waals surface area contributed by atoms with Crippen LogP contribution in [0.25, 0.3) is 0 Å². The summed E-state index contributed by atoms with van der Waals surface area (Å²) in [5, 5.41) is 11.6. The van der Waals surface area contributed by atoms with E-state index in [1.807, 2.05) is 13.8 Å². The molecule has 0 spiro atoms. The highest BCUT2D eigenvalue weighted by atomic mass is 35.5. The van der Waals surface area contributed by atoms with Crippen molar-refractivity contribution in [1.82, 2.24) is 0 Å². The number of hydrogen-bond acceptors (Lipinski definition) is 0. The van der Waals surface area contributed by atoms with Crippen LogP contribution in [0.15, 0.2) is 0 Å². The summed E-state index contributed by atoms with van der Waals surface area (Å²) in [4.78, 5) is 0. The molecule has 0 amide bonds. The van der Waals surface area contributed by atoms with Crippen LogP contribution in [0.4, 0.5) is 0 Å². The van der Waals surface area contributed by atoms with Gasteiger partial charge in [0, 0.05) is 11.8 Å². The normalized spacial score (nSPS) is 18.8. The van der Waals surface area contributed by atoms with E-state index in [0.717, 1.165) is 12.8 Å². The maximum absolute atomic E-state index is 11.6. The monoisotopic (exact) mass is 211 g/mol. The molecule has 0 aliphatic carbocycles. The number of halogens is 2. The molecule has 0 aliphatic heterocycles. The Bertz CT molecular complexity index is 96.7. The molecule has 73 valence electrons. The first-order chi connectivity index (χ1) is 5.63. The zero-order valence-corrected chi connectivity index (χ0v) is 9.24. The van der Waals surface area contributed by atoms with Gasteiger partial charge < -0.3 is 0 Å². The van der Waals surface area contributed by atoms with Crippen molar-refractivity contribution >= 4 is 23.2 Å². The van der Waals surface area contributed by atoms with Gasteiger partial charge in [-0.15, -0.1) is 23.2 Å². The van der Waals surface area contributed by atoms with E-state index in [-0.39, 0.29) is 11.8 Å². The zero-order chi connectivity index (χ0) is 9.56. The van der Waals surface area contributed by atoms with Crippen LogP contribution in [0.2, 0.25) is 0 Å². The zero-order valence-electron chi connectivity index (χ0n) is 7.72. The largest absolute Gasteiger partial charge is 0.233 e. The van der Waals surface area contributed by atoms with Crippen LogP contribution >= 0.6 is 23.2 Å². The van der Waals surface area contributed by atoms with Crippen molar-refractivity contribution < 1.29 is 5.11 Å². The fourth-order valence-corrected chi connectivity index (χ4v) is 1.92. The van der Waals surface area contributed by atoms with Gasteiger partial charge in [-0.25, -0.2) is 5.11 Å². The molecule has 0 aromatic rings. The summed E-state index contributed by atoms with van der Waals surface area (Å²) in [7, 11) is 0. The Morgan fingerprint density at radius 1 is 1.00 bits per heavy atom. The molecule has 0 rings (SSSR count). The van der Waals surface area contributed by atoms with Crippen molar-refractivity contribution in [3.8, 4) is 0 Å². The Morgan fingerprint density at radius 2 is 1.33 bits per heavy atom. The predicted molar refractivity (Wildman–Crippen MR) is 53.5 cm³/mol. The molecule has 0 saturated heterocycles. The maximum atomic E-state index is 11.6. The van der Waals surface area contributed by atoms with Gasteiger partial charge in [-0.3, -0.25) is 0 Å². The predicted octanol–water partition coefficient (Wildman–Crippen LogP) is 3.32. The molecule has 0 aromatic carbocycles. The lowest BCUT2D eigenvalue weighted by Crippen LogP contribution is -2.24. The first-order valence-corrected chi connectivity index (χ1v) is 5.48. The quantitative estimate of drug-likeness (QED) is 0.602. The van der Waals surface area contributed by atoms with E-state index in [9.17, 15) is 5.11 Å². The van der Waals surface area contributed by atoms with E-state index in [1.165, 1.54) is 0 Å². The molecule has 0 aromatic heterocycles. The second-order valence-electron chi connectivity index (χ2n) is 3.37. The van der Waals surface area contributed by atoms with Crippen molar-refractivity contribution in [3.63, 3.8) is 0 Å². The molecule has 0 aliphatic rings. The van der Waals surface area contributed by atoms with Crippen LogP contribution < -0.4 is 0 Å². The third-order valence-electron chi connectivity index (χ3n) is 2.25. The van der Waals surface area contributed by atoms with Gasteiger partial charge in [-0.2, -0.15) is 0 Å². The fourth-order valence-electron chi connectivity index (χ4n) is 1.23. The molecule has 12 heavy (non-hydrogen) atoms. The lowest BCUT2D eigenvalue weighted by molar-refractivity contribution is -0.000842. The smallest absolute Gasteiger partial charge is 0.0981 e. The van der Waals surface area contributed by atoms with Gasteiger partial charge in [0.1, 0.15) is 0 Å². The second-order valence-corrected chi connectivity index (χ2v) is 4.13. The minimum atomic E-state index is -0.512. The lowest BCUT2D eigenvalue weighted by Gasteiger charge is -2.21. The van der Waals surface area contributed by atoms with Crippen molar-refractivity contribution in [2.75, 3.05) is 11.8 Å². The van der Waals surface area contributed by atoms with Crippen molar-refractivity contribution in [2.45, 2.75) is 32.8 Å². The SMILES string of the molecule is CC(CCCl)C([O])C(C)CCCl. The summed E-state index contributed by atoms with van der Waals surface area (Å²) in [5.41, 5.74) is 0. The highest BCUT2D eigenvalue weighted by Crippen LogP contribution is 2.20. The third kappa shape index (κ3) is 4.54. The second kappa shape index (κ2) is 6.99. The van der Waals surface area contributed by atoms with Gasteiger partial charge >= 0.3 is 0 Å². The minimum absolute atomic E-state index is 0.167. The molecule has 0 N–H and O–H groups in total. The Kier molecular flexibility index (Phi) is 7.31. The Morgan fingerprint density at radius 3 is 1.58 bits per heavy atom. The highest BCUT2D eigenvalue weighted by Gasteiger charge is 2.21. The number of alkyl halides is 2. The van der Waals surface area contributed by atoms with Crippen molar-refractivity contribution in [2.24, 2.45) is 11.8 Å². The van der Waals surface area contributed by atoms with E-state index in [0.29, 0.717) is 11.8 Å². The van der Waals surface area contributed by atoms with E-state index in [4.69, 9.17) is 23.2 Å². The maximum Gasteiger partial charge on any atom is 0.0981 e. The topological polar surface area (TPSA) is 19.9 Å². The van der Waals surface area contributed by atoms with Crippen LogP contribution in [0.5, 0.6) is 0 Å². The summed E-state index contributed by atoms with van der Waals surface area (Å²) >= 11 is 11.1. The number of rotatable bonds is 6. The summed E-state index contributed by atoms with van der Waals surface area (Å²) in [5.74, 6) is 1.49. The van der Waals surface area contributed by atoms with Crippen LogP contribution in [-0.2, 0) is 5.11 Å². The van der Waals surface area contributed by atoms with Crippen LogP contribution in [0.3, 0.4) is 0 Å². The average molecular weight is 212 g/mol. The van der Waals surface area contributed by atoms with E-state index < -0.39 is 6.10 Å². The molecule has 0 heterocycles. The Balaban J connectivity index is 3.73. The first-order valence-electron chi connectivity index (χ1n) is 4.41. The van der Waals surface area contributed by atoms with E-state index in [2.05, 4.69) is 0 Å². The van der Waals surface area contributed by atoms with Gasteiger partial charge in [0.25, 0.3) is 0 Å². The molecule has 0 saturated carbocycles. The van der Waals surface area contributed by atoms with Gasteiger partial charge in [-0.05, 0) is 24.7 Å². The lowest BCUT2D eigenvalue weighted by atomic mass is 9.90. The third-order valence-corrected chi connectivity index (χ3v) is 2.69. The van der Waals surface area contributed by atoms with Crippen molar-refractivity contribution in [3.05, 3.63) is 0 Å². The van der Waals surface area contributed by atoms with Gasteiger partial charge in [0.2, 0.25) is 0 Å². The van der Waals surface area contributed by atoms with Gasteiger partial charge in [0.05, 0.1) is 6.10 Å². The fraction of sp³-hybridized carbons (Fsp3) is 1.00. The van der Waals surface area contributed by atoms with Gasteiger partial charge in [0.15, 0.2) is 0 Å². The molecule has 1 radical (unpaired) electrons. The Labute approximate surface area is 85.1 Å². The molecule has 3 heteroatoms. The minimum Gasteiger partial charge on any atom is -0.233 e. The Hall–Kier alpha value is 0.540. The highest BCUT2D eigenvalue weighted by molar-refractivity contribution is 6.18. The molecular weight excluding hydrogens is 195 g/mol. The van der Waals surface area contributed by atoms with Crippen LogP contribution in [0.1, 0.15) is 26.7 Å². The number of hydrogen-bond donors (Lipinski definition) is 0. The molecule has 0 bridgehead atoms. The molecule has 2 atom stereocenters.